The van der Waals surface area contributed by atoms with E-state index in [1.54, 1.807) is 0 Å². The maximum absolute atomic E-state index is 10.4. The Kier molecular flexibility index (Phi) is 9.48. The summed E-state index contributed by atoms with van der Waals surface area (Å²) >= 11 is 0. The van der Waals surface area contributed by atoms with Crippen LogP contribution in [-0.2, 0) is 29.0 Å². The van der Waals surface area contributed by atoms with E-state index in [1.165, 1.54) is 0 Å². The molecule has 4 N–H and O–H groups in total. The van der Waals surface area contributed by atoms with Gasteiger partial charge in [0.25, 0.3) is 0 Å². The Morgan fingerprint density at radius 1 is 0.579 bits per heavy atom. The summed E-state index contributed by atoms with van der Waals surface area (Å²) in [5.74, 6) is 0. The lowest BCUT2D eigenvalue weighted by atomic mass is 10.1. The Labute approximate surface area is 115 Å². The molecule has 0 rings (SSSR count). The van der Waals surface area contributed by atoms with Crippen LogP contribution in [0.5, 0.6) is 0 Å². The number of hydrogen-bond donors (Lipinski definition) is 2. The Morgan fingerprint density at radius 3 is 1.11 bits per heavy atom. The van der Waals surface area contributed by atoms with Crippen molar-refractivity contribution in [2.45, 2.75) is 44.9 Å². The number of hydrogen-bond acceptors (Lipinski definition) is 6. The highest BCUT2D eigenvalue weighted by molar-refractivity contribution is 7.84. The van der Waals surface area contributed by atoms with Gasteiger partial charge < -0.3 is 0 Å². The molecule has 0 saturated heterocycles. The van der Waals surface area contributed by atoms with Crippen LogP contribution >= 0.6 is 0 Å². The van der Waals surface area contributed by atoms with E-state index >= 15 is 0 Å². The van der Waals surface area contributed by atoms with E-state index in [0.29, 0.717) is 12.8 Å². The van der Waals surface area contributed by atoms with Gasteiger partial charge >= 0.3 is 20.6 Å². The maximum Gasteiger partial charge on any atom is 0.333 e. The Hall–Kier alpha value is -0.260. The molecule has 0 amide bonds. The lowest BCUT2D eigenvalue weighted by molar-refractivity contribution is 0.303. The zero-order valence-corrected chi connectivity index (χ0v) is 12.4. The van der Waals surface area contributed by atoms with Crippen molar-refractivity contribution in [3.8, 4) is 0 Å². The summed E-state index contributed by atoms with van der Waals surface area (Å²) in [7, 11) is -7.63. The van der Waals surface area contributed by atoms with Gasteiger partial charge in [0.15, 0.2) is 0 Å². The van der Waals surface area contributed by atoms with Crippen molar-refractivity contribution in [1.29, 1.82) is 0 Å². The molecule has 0 atom stereocenters. The van der Waals surface area contributed by atoms with Crippen molar-refractivity contribution in [3.63, 3.8) is 0 Å². The van der Waals surface area contributed by atoms with Gasteiger partial charge in [-0.2, -0.15) is 16.8 Å². The van der Waals surface area contributed by atoms with Crippen LogP contribution < -0.4 is 10.3 Å². The molecule has 0 spiro atoms. The molecule has 0 aliphatic heterocycles. The average Bonchev–Trinajstić information content (AvgIpc) is 2.22. The first-order chi connectivity index (χ1) is 8.71. The third-order valence-electron chi connectivity index (χ3n) is 2.28. The summed E-state index contributed by atoms with van der Waals surface area (Å²) in [6.07, 6.45) is 5.93. The molecular weight excluding hydrogens is 296 g/mol. The lowest BCUT2D eigenvalue weighted by Crippen LogP contribution is -2.16. The Balaban J connectivity index is 3.20. The third-order valence-corrected chi connectivity index (χ3v) is 3.27. The molecule has 0 fully saturated rings. The molecule has 19 heavy (non-hydrogen) atoms. The molecule has 0 aromatic rings. The van der Waals surface area contributed by atoms with Gasteiger partial charge in [-0.25, -0.2) is 10.3 Å². The second-order valence-corrected chi connectivity index (χ2v) is 6.55. The first-order valence-corrected chi connectivity index (χ1v) is 8.99. The van der Waals surface area contributed by atoms with Gasteiger partial charge in [0.05, 0.1) is 13.2 Å². The van der Waals surface area contributed by atoms with Crippen molar-refractivity contribution >= 4 is 20.6 Å². The zero-order chi connectivity index (χ0) is 14.8. The number of unbranched alkanes of at least 4 members (excludes halogenated alkanes) is 6. The fourth-order valence-electron chi connectivity index (χ4n) is 1.44. The van der Waals surface area contributed by atoms with Crippen molar-refractivity contribution in [2.75, 3.05) is 13.2 Å². The molecule has 0 radical (unpaired) electrons. The van der Waals surface area contributed by atoms with Gasteiger partial charge in [0, 0.05) is 0 Å². The SMILES string of the molecule is NS(=O)(=O)OCCCCCCCCCOS(N)(=O)=O. The number of nitrogens with two attached hydrogens (primary N) is 2. The molecule has 116 valence electrons. The van der Waals surface area contributed by atoms with Crippen molar-refractivity contribution in [2.24, 2.45) is 10.3 Å². The van der Waals surface area contributed by atoms with Crippen LogP contribution in [-0.4, -0.2) is 30.0 Å². The van der Waals surface area contributed by atoms with E-state index < -0.39 is 20.6 Å². The predicted molar refractivity (Wildman–Crippen MR) is 70.4 cm³/mol. The largest absolute Gasteiger partial charge is 0.333 e. The van der Waals surface area contributed by atoms with Gasteiger partial charge in [-0.05, 0) is 12.8 Å². The topological polar surface area (TPSA) is 139 Å². The summed E-state index contributed by atoms with van der Waals surface area (Å²) in [5, 5.41) is 9.32. The van der Waals surface area contributed by atoms with Gasteiger partial charge in [0.2, 0.25) is 0 Å². The van der Waals surface area contributed by atoms with Crippen LogP contribution in [0.1, 0.15) is 44.9 Å². The van der Waals surface area contributed by atoms with E-state index in [9.17, 15) is 16.8 Å². The van der Waals surface area contributed by atoms with Gasteiger partial charge in [0.1, 0.15) is 0 Å². The lowest BCUT2D eigenvalue weighted by Gasteiger charge is -2.03. The summed E-state index contributed by atoms with van der Waals surface area (Å²) in [4.78, 5) is 0. The third kappa shape index (κ3) is 17.7. The fraction of sp³-hybridized carbons (Fsp3) is 1.00. The van der Waals surface area contributed by atoms with Crippen LogP contribution in [0.15, 0.2) is 0 Å². The van der Waals surface area contributed by atoms with Crippen molar-refractivity contribution in [1.82, 2.24) is 0 Å². The van der Waals surface area contributed by atoms with E-state index in [4.69, 9.17) is 0 Å². The first kappa shape index (κ1) is 18.7. The maximum atomic E-state index is 10.4. The monoisotopic (exact) mass is 318 g/mol. The normalized spacial score (nSPS) is 12.7. The molecule has 0 aromatic heterocycles. The highest BCUT2D eigenvalue weighted by Gasteiger charge is 2.02. The second-order valence-electron chi connectivity index (χ2n) is 4.10. The van der Waals surface area contributed by atoms with Crippen LogP contribution in [0.2, 0.25) is 0 Å². The van der Waals surface area contributed by atoms with E-state index in [1.807, 2.05) is 0 Å². The second kappa shape index (κ2) is 9.61. The Morgan fingerprint density at radius 2 is 0.842 bits per heavy atom. The summed E-state index contributed by atoms with van der Waals surface area (Å²) in [6, 6.07) is 0. The van der Waals surface area contributed by atoms with Gasteiger partial charge in [-0.15, -0.1) is 0 Å². The summed E-state index contributed by atoms with van der Waals surface area (Å²) < 4.78 is 50.5. The van der Waals surface area contributed by atoms with Gasteiger partial charge in [-0.1, -0.05) is 32.1 Å². The quantitative estimate of drug-likeness (QED) is 0.491. The average molecular weight is 318 g/mol. The van der Waals surface area contributed by atoms with Crippen LogP contribution in [0.25, 0.3) is 0 Å². The minimum Gasteiger partial charge on any atom is -0.258 e. The predicted octanol–water partition coefficient (Wildman–Crippen LogP) is 0.157. The molecular formula is C9H22N2O6S2. The van der Waals surface area contributed by atoms with Crippen LogP contribution in [0.3, 0.4) is 0 Å². The first-order valence-electron chi connectivity index (χ1n) is 6.05. The minimum absolute atomic E-state index is 0.112. The van der Waals surface area contributed by atoms with E-state index in [-0.39, 0.29) is 13.2 Å². The molecule has 0 unspecified atom stereocenters. The summed E-state index contributed by atoms with van der Waals surface area (Å²) in [6.45, 7) is 0.224. The summed E-state index contributed by atoms with van der Waals surface area (Å²) in [5.41, 5.74) is 0. The van der Waals surface area contributed by atoms with E-state index in [0.717, 1.165) is 32.1 Å². The van der Waals surface area contributed by atoms with Crippen molar-refractivity contribution in [3.05, 3.63) is 0 Å². The molecule has 8 nitrogen and oxygen atoms in total. The molecule has 0 saturated carbocycles. The molecule has 0 heterocycles. The molecule has 10 heteroatoms. The van der Waals surface area contributed by atoms with Gasteiger partial charge in [-0.3, -0.25) is 8.37 Å². The fourth-order valence-corrected chi connectivity index (χ4v) is 2.14. The standard InChI is InChI=1S/C9H22N2O6S2/c10-18(12,13)16-8-6-4-2-1-3-5-7-9-17-19(11,14)15/h1-9H2,(H2,10,12,13)(H2,11,14,15). The number of rotatable bonds is 12. The smallest absolute Gasteiger partial charge is 0.258 e. The van der Waals surface area contributed by atoms with Crippen molar-refractivity contribution < 1.29 is 25.2 Å². The molecule has 0 aliphatic rings. The van der Waals surface area contributed by atoms with Crippen LogP contribution in [0, 0.1) is 0 Å². The molecule has 0 aromatic carbocycles. The van der Waals surface area contributed by atoms with E-state index in [2.05, 4.69) is 18.6 Å². The van der Waals surface area contributed by atoms with Crippen LogP contribution in [0.4, 0.5) is 0 Å². The molecule has 0 bridgehead atoms. The molecule has 0 aliphatic carbocycles. The highest BCUT2D eigenvalue weighted by Crippen LogP contribution is 2.07. The Bertz CT molecular complexity index is 380. The zero-order valence-electron chi connectivity index (χ0n) is 10.8. The minimum atomic E-state index is -3.82. The highest BCUT2D eigenvalue weighted by atomic mass is 32.2.